The molecule has 2 nitrogen and oxygen atoms in total. The predicted molar refractivity (Wildman–Crippen MR) is 77.2 cm³/mol. The van der Waals surface area contributed by atoms with Crippen molar-refractivity contribution in [1.29, 1.82) is 0 Å². The number of benzene rings is 1. The molecule has 0 bridgehead atoms. The van der Waals surface area contributed by atoms with Crippen molar-refractivity contribution >= 4 is 22.6 Å². The smallest absolute Gasteiger partial charge is 0.115 e. The van der Waals surface area contributed by atoms with Crippen molar-refractivity contribution < 1.29 is 5.11 Å². The van der Waals surface area contributed by atoms with Gasteiger partial charge in [0.15, 0.2) is 0 Å². The molecule has 0 aliphatic rings. The van der Waals surface area contributed by atoms with Gasteiger partial charge in [-0.2, -0.15) is 0 Å². The Labute approximate surface area is 112 Å². The zero-order valence-corrected chi connectivity index (χ0v) is 11.7. The average Bonchev–Trinajstić information content (AvgIpc) is 2.30. The summed E-state index contributed by atoms with van der Waals surface area (Å²) in [6, 6.07) is 7.38. The second-order valence-electron chi connectivity index (χ2n) is 3.95. The molecule has 1 rings (SSSR count). The lowest BCUT2D eigenvalue weighted by Gasteiger charge is -2.04. The molecule has 16 heavy (non-hydrogen) atoms. The molecule has 1 aromatic rings. The fourth-order valence-corrected chi connectivity index (χ4v) is 2.08. The van der Waals surface area contributed by atoms with Crippen LogP contribution in [0.25, 0.3) is 0 Å². The minimum absolute atomic E-state index is 0.336. The summed E-state index contributed by atoms with van der Waals surface area (Å²) < 4.78 is 1.28. The van der Waals surface area contributed by atoms with Gasteiger partial charge >= 0.3 is 0 Å². The molecule has 0 atom stereocenters. The van der Waals surface area contributed by atoms with Crippen molar-refractivity contribution in [1.82, 2.24) is 5.32 Å². The Kier molecular flexibility index (Phi) is 7.59. The fraction of sp³-hybridized carbons (Fsp3) is 0.538. The standard InChI is InChI=1S/C13H20INO/c14-9-3-1-2-4-10-15-11-12-5-7-13(16)8-6-12/h5-8,15-16H,1-4,9-11H2. The summed E-state index contributed by atoms with van der Waals surface area (Å²) in [6.45, 7) is 1.98. The molecule has 0 heterocycles. The maximum Gasteiger partial charge on any atom is 0.115 e. The minimum atomic E-state index is 0.336. The SMILES string of the molecule is Oc1ccc(CNCCCCCCI)cc1. The first kappa shape index (κ1) is 13.8. The number of rotatable bonds is 8. The van der Waals surface area contributed by atoms with E-state index in [4.69, 9.17) is 5.11 Å². The van der Waals surface area contributed by atoms with Crippen LogP contribution in [-0.4, -0.2) is 16.1 Å². The van der Waals surface area contributed by atoms with E-state index in [2.05, 4.69) is 27.9 Å². The molecule has 90 valence electrons. The van der Waals surface area contributed by atoms with Crippen LogP contribution in [0.1, 0.15) is 31.2 Å². The molecule has 0 saturated heterocycles. The van der Waals surface area contributed by atoms with Gasteiger partial charge in [0.1, 0.15) is 5.75 Å². The highest BCUT2D eigenvalue weighted by Gasteiger charge is 1.93. The molecule has 0 radical (unpaired) electrons. The first-order valence-corrected chi connectivity index (χ1v) is 7.40. The largest absolute Gasteiger partial charge is 0.508 e. The zero-order chi connectivity index (χ0) is 11.6. The number of phenolic OH excluding ortho intramolecular Hbond substituents is 1. The highest BCUT2D eigenvalue weighted by molar-refractivity contribution is 14.1. The van der Waals surface area contributed by atoms with Gasteiger partial charge in [-0.25, -0.2) is 0 Å². The van der Waals surface area contributed by atoms with Crippen molar-refractivity contribution in [2.45, 2.75) is 32.2 Å². The topological polar surface area (TPSA) is 32.3 Å². The molecule has 1 aromatic carbocycles. The summed E-state index contributed by atoms with van der Waals surface area (Å²) in [5, 5.41) is 12.5. The Balaban J connectivity index is 2.01. The van der Waals surface area contributed by atoms with E-state index in [1.807, 2.05) is 12.1 Å². The van der Waals surface area contributed by atoms with Crippen LogP contribution in [0.2, 0.25) is 0 Å². The van der Waals surface area contributed by atoms with Gasteiger partial charge in [-0.15, -0.1) is 0 Å². The highest BCUT2D eigenvalue weighted by Crippen LogP contribution is 2.09. The maximum atomic E-state index is 9.13. The number of unbranched alkanes of at least 4 members (excludes halogenated alkanes) is 3. The van der Waals surface area contributed by atoms with Gasteiger partial charge in [-0.1, -0.05) is 47.6 Å². The van der Waals surface area contributed by atoms with Crippen molar-refractivity contribution in [3.63, 3.8) is 0 Å². The van der Waals surface area contributed by atoms with E-state index in [9.17, 15) is 0 Å². The fourth-order valence-electron chi connectivity index (χ4n) is 1.54. The molecule has 0 aromatic heterocycles. The molecule has 0 aliphatic heterocycles. The van der Waals surface area contributed by atoms with Crippen molar-refractivity contribution in [2.75, 3.05) is 11.0 Å². The summed E-state index contributed by atoms with van der Waals surface area (Å²) in [4.78, 5) is 0. The monoisotopic (exact) mass is 333 g/mol. The van der Waals surface area contributed by atoms with E-state index in [1.165, 1.54) is 35.7 Å². The normalized spacial score (nSPS) is 10.6. The third kappa shape index (κ3) is 6.33. The second kappa shape index (κ2) is 8.82. The van der Waals surface area contributed by atoms with Crippen molar-refractivity contribution in [2.24, 2.45) is 0 Å². The molecule has 0 unspecified atom stereocenters. The summed E-state index contributed by atoms with van der Waals surface area (Å²) in [7, 11) is 0. The van der Waals surface area contributed by atoms with Gasteiger partial charge in [0.2, 0.25) is 0 Å². The van der Waals surface area contributed by atoms with E-state index in [0.717, 1.165) is 13.1 Å². The summed E-state index contributed by atoms with van der Waals surface area (Å²) >= 11 is 2.43. The van der Waals surface area contributed by atoms with Crippen LogP contribution in [0, 0.1) is 0 Å². The Morgan fingerprint density at radius 3 is 2.38 bits per heavy atom. The third-order valence-electron chi connectivity index (χ3n) is 2.50. The van der Waals surface area contributed by atoms with Crippen LogP contribution < -0.4 is 5.32 Å². The maximum absolute atomic E-state index is 9.13. The van der Waals surface area contributed by atoms with Crippen LogP contribution in [0.4, 0.5) is 0 Å². The predicted octanol–water partition coefficient (Wildman–Crippen LogP) is 3.48. The number of hydrogen-bond donors (Lipinski definition) is 2. The summed E-state index contributed by atoms with van der Waals surface area (Å²) in [5.74, 6) is 0.336. The van der Waals surface area contributed by atoms with E-state index in [-0.39, 0.29) is 0 Å². The lowest BCUT2D eigenvalue weighted by atomic mass is 10.2. The van der Waals surface area contributed by atoms with Crippen LogP contribution in [0.15, 0.2) is 24.3 Å². The zero-order valence-electron chi connectivity index (χ0n) is 9.58. The molecular weight excluding hydrogens is 313 g/mol. The lowest BCUT2D eigenvalue weighted by Crippen LogP contribution is -2.14. The van der Waals surface area contributed by atoms with E-state index in [1.54, 1.807) is 12.1 Å². The first-order chi connectivity index (χ1) is 7.83. The first-order valence-electron chi connectivity index (χ1n) is 5.87. The van der Waals surface area contributed by atoms with Crippen molar-refractivity contribution in [3.05, 3.63) is 29.8 Å². The number of aromatic hydroxyl groups is 1. The Bertz CT molecular complexity index is 274. The van der Waals surface area contributed by atoms with E-state index in [0.29, 0.717) is 5.75 Å². The van der Waals surface area contributed by atoms with Gasteiger partial charge < -0.3 is 10.4 Å². The average molecular weight is 333 g/mol. The Morgan fingerprint density at radius 2 is 1.69 bits per heavy atom. The molecular formula is C13H20INO. The number of phenols is 1. The molecule has 0 fully saturated rings. The summed E-state index contributed by atoms with van der Waals surface area (Å²) in [6.07, 6.45) is 5.28. The number of nitrogens with one attached hydrogen (secondary N) is 1. The highest BCUT2D eigenvalue weighted by atomic mass is 127. The molecule has 2 N–H and O–H groups in total. The van der Waals surface area contributed by atoms with Gasteiger partial charge in [-0.05, 0) is 41.5 Å². The number of alkyl halides is 1. The van der Waals surface area contributed by atoms with Gasteiger partial charge in [0, 0.05) is 6.54 Å². The van der Waals surface area contributed by atoms with Crippen LogP contribution >= 0.6 is 22.6 Å². The van der Waals surface area contributed by atoms with Gasteiger partial charge in [0.05, 0.1) is 0 Å². The molecule has 0 amide bonds. The van der Waals surface area contributed by atoms with Crippen LogP contribution in [0.5, 0.6) is 5.75 Å². The molecule has 0 aliphatic carbocycles. The third-order valence-corrected chi connectivity index (χ3v) is 3.27. The summed E-state index contributed by atoms with van der Waals surface area (Å²) in [5.41, 5.74) is 1.23. The van der Waals surface area contributed by atoms with E-state index >= 15 is 0 Å². The minimum Gasteiger partial charge on any atom is -0.508 e. The molecule has 3 heteroatoms. The van der Waals surface area contributed by atoms with E-state index < -0.39 is 0 Å². The molecule has 0 spiro atoms. The van der Waals surface area contributed by atoms with Gasteiger partial charge in [0.25, 0.3) is 0 Å². The van der Waals surface area contributed by atoms with Crippen LogP contribution in [0.3, 0.4) is 0 Å². The lowest BCUT2D eigenvalue weighted by molar-refractivity contribution is 0.475. The van der Waals surface area contributed by atoms with Crippen LogP contribution in [-0.2, 0) is 6.54 Å². The number of hydrogen-bond acceptors (Lipinski definition) is 2. The second-order valence-corrected chi connectivity index (χ2v) is 5.03. The number of halogens is 1. The van der Waals surface area contributed by atoms with Crippen molar-refractivity contribution in [3.8, 4) is 5.75 Å². The Hall–Kier alpha value is -0.290. The quantitative estimate of drug-likeness (QED) is 0.434. The molecule has 0 saturated carbocycles. The Morgan fingerprint density at radius 1 is 1.00 bits per heavy atom. The van der Waals surface area contributed by atoms with Gasteiger partial charge in [-0.3, -0.25) is 0 Å².